The van der Waals surface area contributed by atoms with Crippen LogP contribution in [0.25, 0.3) is 0 Å². The highest BCUT2D eigenvalue weighted by Crippen LogP contribution is 2.18. The van der Waals surface area contributed by atoms with E-state index in [0.717, 1.165) is 6.54 Å². The van der Waals surface area contributed by atoms with Crippen LogP contribution in [0.1, 0.15) is 36.6 Å². The monoisotopic (exact) mass is 213 g/mol. The Morgan fingerprint density at radius 1 is 1.12 bits per heavy atom. The summed E-state index contributed by atoms with van der Waals surface area (Å²) in [5.41, 5.74) is 4.12. The largest absolute Gasteiger partial charge is 0.347 e. The van der Waals surface area contributed by atoms with E-state index in [4.69, 9.17) is 0 Å². The lowest BCUT2D eigenvalue weighted by Gasteiger charge is -2.06. The molecule has 1 aromatic heterocycles. The van der Waals surface area contributed by atoms with Crippen molar-refractivity contribution in [3.63, 3.8) is 0 Å². The first-order chi connectivity index (χ1) is 7.66. The smallest absolute Gasteiger partial charge is 0.0472 e. The SMILES string of the molecule is Cc1cc(C(C)C)cn1Cc1ccccc1. The van der Waals surface area contributed by atoms with Crippen molar-refractivity contribution in [3.8, 4) is 0 Å². The molecule has 0 N–H and O–H groups in total. The third kappa shape index (κ3) is 2.35. The molecule has 0 amide bonds. The van der Waals surface area contributed by atoms with Crippen molar-refractivity contribution in [2.75, 3.05) is 0 Å². The summed E-state index contributed by atoms with van der Waals surface area (Å²) in [6.07, 6.45) is 2.27. The Morgan fingerprint density at radius 2 is 1.81 bits per heavy atom. The summed E-state index contributed by atoms with van der Waals surface area (Å²) in [5, 5.41) is 0. The van der Waals surface area contributed by atoms with Gasteiger partial charge in [-0.3, -0.25) is 0 Å². The van der Waals surface area contributed by atoms with Crippen molar-refractivity contribution >= 4 is 0 Å². The zero-order chi connectivity index (χ0) is 11.5. The highest BCUT2D eigenvalue weighted by atomic mass is 15.0. The summed E-state index contributed by atoms with van der Waals surface area (Å²) in [4.78, 5) is 0. The number of hydrogen-bond donors (Lipinski definition) is 0. The van der Waals surface area contributed by atoms with Gasteiger partial charge in [-0.2, -0.15) is 0 Å². The van der Waals surface area contributed by atoms with Crippen LogP contribution in [0.2, 0.25) is 0 Å². The average Bonchev–Trinajstić information content (AvgIpc) is 2.62. The van der Waals surface area contributed by atoms with E-state index in [9.17, 15) is 0 Å². The Bertz CT molecular complexity index is 452. The molecule has 16 heavy (non-hydrogen) atoms. The predicted molar refractivity (Wildman–Crippen MR) is 68.8 cm³/mol. The molecule has 0 saturated carbocycles. The number of aryl methyl sites for hydroxylation is 1. The van der Waals surface area contributed by atoms with E-state index < -0.39 is 0 Å². The van der Waals surface area contributed by atoms with Crippen molar-refractivity contribution in [1.82, 2.24) is 4.57 Å². The zero-order valence-corrected chi connectivity index (χ0v) is 10.3. The fourth-order valence-corrected chi connectivity index (χ4v) is 1.91. The number of aromatic nitrogens is 1. The highest BCUT2D eigenvalue weighted by molar-refractivity contribution is 5.23. The minimum absolute atomic E-state index is 0.607. The molecular formula is C15H19N. The summed E-state index contributed by atoms with van der Waals surface area (Å²) in [7, 11) is 0. The second-order valence-electron chi connectivity index (χ2n) is 4.68. The molecule has 0 saturated heterocycles. The maximum atomic E-state index is 2.32. The Kier molecular flexibility index (Phi) is 3.14. The van der Waals surface area contributed by atoms with Crippen LogP contribution in [0.4, 0.5) is 0 Å². The van der Waals surface area contributed by atoms with Crippen LogP contribution < -0.4 is 0 Å². The lowest BCUT2D eigenvalue weighted by atomic mass is 10.1. The van der Waals surface area contributed by atoms with Gasteiger partial charge in [0.25, 0.3) is 0 Å². The molecule has 0 aliphatic heterocycles. The fraction of sp³-hybridized carbons (Fsp3) is 0.333. The minimum atomic E-state index is 0.607. The molecule has 1 heterocycles. The van der Waals surface area contributed by atoms with Gasteiger partial charge in [0.15, 0.2) is 0 Å². The lowest BCUT2D eigenvalue weighted by Crippen LogP contribution is -1.99. The van der Waals surface area contributed by atoms with E-state index in [-0.39, 0.29) is 0 Å². The van der Waals surface area contributed by atoms with E-state index in [1.807, 2.05) is 0 Å². The Balaban J connectivity index is 2.22. The van der Waals surface area contributed by atoms with E-state index in [2.05, 4.69) is 67.9 Å². The first-order valence-corrected chi connectivity index (χ1v) is 5.87. The summed E-state index contributed by atoms with van der Waals surface area (Å²) in [6, 6.07) is 12.9. The van der Waals surface area contributed by atoms with Gasteiger partial charge in [-0.05, 0) is 30.0 Å². The van der Waals surface area contributed by atoms with Crippen molar-refractivity contribution in [2.45, 2.75) is 33.2 Å². The summed E-state index contributed by atoms with van der Waals surface area (Å²) in [5.74, 6) is 0.607. The number of benzene rings is 1. The van der Waals surface area contributed by atoms with Crippen LogP contribution in [0, 0.1) is 6.92 Å². The lowest BCUT2D eigenvalue weighted by molar-refractivity contribution is 0.767. The minimum Gasteiger partial charge on any atom is -0.347 e. The van der Waals surface area contributed by atoms with E-state index in [1.54, 1.807) is 0 Å². The number of hydrogen-bond acceptors (Lipinski definition) is 0. The van der Waals surface area contributed by atoms with Crippen molar-refractivity contribution in [2.24, 2.45) is 0 Å². The Morgan fingerprint density at radius 3 is 2.38 bits per heavy atom. The quantitative estimate of drug-likeness (QED) is 0.727. The average molecular weight is 213 g/mol. The maximum absolute atomic E-state index is 2.32. The van der Waals surface area contributed by atoms with Gasteiger partial charge in [0.2, 0.25) is 0 Å². The molecule has 1 heteroatoms. The van der Waals surface area contributed by atoms with Gasteiger partial charge in [0.05, 0.1) is 0 Å². The molecule has 84 valence electrons. The van der Waals surface area contributed by atoms with Crippen LogP contribution in [0.3, 0.4) is 0 Å². The first-order valence-electron chi connectivity index (χ1n) is 5.87. The first kappa shape index (κ1) is 11.0. The number of nitrogens with zero attached hydrogens (tertiary/aromatic N) is 1. The molecule has 0 fully saturated rings. The van der Waals surface area contributed by atoms with Gasteiger partial charge in [-0.25, -0.2) is 0 Å². The molecule has 1 aromatic carbocycles. The zero-order valence-electron chi connectivity index (χ0n) is 10.3. The summed E-state index contributed by atoms with van der Waals surface area (Å²) in [6.45, 7) is 7.62. The second kappa shape index (κ2) is 4.56. The second-order valence-corrected chi connectivity index (χ2v) is 4.68. The Hall–Kier alpha value is -1.50. The highest BCUT2D eigenvalue weighted by Gasteiger charge is 2.05. The van der Waals surface area contributed by atoms with Crippen LogP contribution in [0.5, 0.6) is 0 Å². The fourth-order valence-electron chi connectivity index (χ4n) is 1.91. The third-order valence-corrected chi connectivity index (χ3v) is 3.00. The summed E-state index contributed by atoms with van der Waals surface area (Å²) < 4.78 is 2.32. The van der Waals surface area contributed by atoms with Crippen molar-refractivity contribution < 1.29 is 0 Å². The van der Waals surface area contributed by atoms with Crippen LogP contribution in [-0.2, 0) is 6.54 Å². The van der Waals surface area contributed by atoms with Gasteiger partial charge < -0.3 is 4.57 Å². The van der Waals surface area contributed by atoms with Crippen LogP contribution in [0.15, 0.2) is 42.6 Å². The van der Waals surface area contributed by atoms with Crippen molar-refractivity contribution in [1.29, 1.82) is 0 Å². The topological polar surface area (TPSA) is 4.93 Å². The molecule has 2 rings (SSSR count). The molecule has 0 unspecified atom stereocenters. The van der Waals surface area contributed by atoms with Crippen LogP contribution in [-0.4, -0.2) is 4.57 Å². The number of rotatable bonds is 3. The molecule has 0 bridgehead atoms. The molecule has 0 atom stereocenters. The predicted octanol–water partition coefficient (Wildman–Crippen LogP) is 3.97. The summed E-state index contributed by atoms with van der Waals surface area (Å²) >= 11 is 0. The normalized spacial score (nSPS) is 11.0. The molecule has 0 spiro atoms. The van der Waals surface area contributed by atoms with E-state index in [1.165, 1.54) is 16.8 Å². The maximum Gasteiger partial charge on any atom is 0.0472 e. The Labute approximate surface area is 97.7 Å². The third-order valence-electron chi connectivity index (χ3n) is 3.00. The molecule has 1 nitrogen and oxygen atoms in total. The molecular weight excluding hydrogens is 194 g/mol. The van der Waals surface area contributed by atoms with E-state index in [0.29, 0.717) is 5.92 Å². The van der Waals surface area contributed by atoms with Crippen LogP contribution >= 0.6 is 0 Å². The van der Waals surface area contributed by atoms with Gasteiger partial charge in [0.1, 0.15) is 0 Å². The van der Waals surface area contributed by atoms with Gasteiger partial charge in [-0.15, -0.1) is 0 Å². The van der Waals surface area contributed by atoms with Gasteiger partial charge in [-0.1, -0.05) is 44.2 Å². The molecule has 0 aliphatic carbocycles. The standard InChI is InChI=1S/C15H19N/c1-12(2)15-9-13(3)16(11-15)10-14-7-5-4-6-8-14/h4-9,11-12H,10H2,1-3H3. The molecule has 0 aliphatic rings. The molecule has 2 aromatic rings. The molecule has 0 radical (unpaired) electrons. The van der Waals surface area contributed by atoms with E-state index >= 15 is 0 Å². The van der Waals surface area contributed by atoms with Gasteiger partial charge in [0, 0.05) is 18.4 Å². The van der Waals surface area contributed by atoms with Gasteiger partial charge >= 0.3 is 0 Å². The van der Waals surface area contributed by atoms with Crippen molar-refractivity contribution in [3.05, 3.63) is 59.4 Å².